The van der Waals surface area contributed by atoms with E-state index in [2.05, 4.69) is 17.2 Å². The van der Waals surface area contributed by atoms with E-state index in [0.29, 0.717) is 19.1 Å². The van der Waals surface area contributed by atoms with Gasteiger partial charge in [-0.1, -0.05) is 0 Å². The van der Waals surface area contributed by atoms with Gasteiger partial charge in [-0.2, -0.15) is 5.10 Å². The predicted molar refractivity (Wildman–Crippen MR) is 63.5 cm³/mol. The Bertz CT molecular complexity index is 252. The van der Waals surface area contributed by atoms with E-state index in [1.165, 1.54) is 0 Å². The summed E-state index contributed by atoms with van der Waals surface area (Å²) in [5.74, 6) is 0. The SMILES string of the molecule is C=NNC1CCN(C(=O)OC(C)(C)C)CC1. The van der Waals surface area contributed by atoms with Crippen LogP contribution in [-0.4, -0.2) is 42.4 Å². The Balaban J connectivity index is 2.36. The van der Waals surface area contributed by atoms with E-state index >= 15 is 0 Å². The second kappa shape index (κ2) is 5.18. The fourth-order valence-electron chi connectivity index (χ4n) is 1.65. The van der Waals surface area contributed by atoms with Gasteiger partial charge in [-0.05, 0) is 33.6 Å². The summed E-state index contributed by atoms with van der Waals surface area (Å²) < 4.78 is 5.30. The van der Waals surface area contributed by atoms with Crippen LogP contribution in [-0.2, 0) is 4.74 Å². The average molecular weight is 227 g/mol. The summed E-state index contributed by atoms with van der Waals surface area (Å²) in [6, 6.07) is 0.330. The number of ether oxygens (including phenoxy) is 1. The first-order valence-corrected chi connectivity index (χ1v) is 5.61. The summed E-state index contributed by atoms with van der Waals surface area (Å²) in [6.45, 7) is 10.4. The van der Waals surface area contributed by atoms with Gasteiger partial charge in [-0.25, -0.2) is 4.79 Å². The van der Waals surface area contributed by atoms with Crippen LogP contribution in [0.4, 0.5) is 4.79 Å². The first kappa shape index (κ1) is 12.8. The Morgan fingerprint density at radius 1 is 1.44 bits per heavy atom. The molecule has 0 radical (unpaired) electrons. The number of nitrogens with zero attached hydrogens (tertiary/aromatic N) is 2. The van der Waals surface area contributed by atoms with Crippen molar-refractivity contribution in [3.05, 3.63) is 0 Å². The minimum atomic E-state index is -0.422. The molecule has 0 bridgehead atoms. The van der Waals surface area contributed by atoms with Crippen molar-refractivity contribution in [3.63, 3.8) is 0 Å². The third-order valence-electron chi connectivity index (χ3n) is 2.42. The molecule has 1 aliphatic heterocycles. The number of hydrazone groups is 1. The number of hydrogen-bond acceptors (Lipinski definition) is 4. The predicted octanol–water partition coefficient (Wildman–Crippen LogP) is 1.59. The largest absolute Gasteiger partial charge is 0.444 e. The highest BCUT2D eigenvalue weighted by Gasteiger charge is 2.26. The zero-order valence-corrected chi connectivity index (χ0v) is 10.3. The topological polar surface area (TPSA) is 53.9 Å². The molecule has 0 spiro atoms. The van der Waals surface area contributed by atoms with Gasteiger partial charge in [0.2, 0.25) is 0 Å². The van der Waals surface area contributed by atoms with Crippen molar-refractivity contribution >= 4 is 12.8 Å². The van der Waals surface area contributed by atoms with Crippen LogP contribution < -0.4 is 5.43 Å². The Kier molecular flexibility index (Phi) is 4.15. The van der Waals surface area contributed by atoms with Crippen molar-refractivity contribution in [1.29, 1.82) is 0 Å². The van der Waals surface area contributed by atoms with Crippen molar-refractivity contribution < 1.29 is 9.53 Å². The van der Waals surface area contributed by atoms with Crippen LogP contribution in [0.25, 0.3) is 0 Å². The Labute approximate surface area is 96.8 Å². The zero-order chi connectivity index (χ0) is 12.2. The lowest BCUT2D eigenvalue weighted by Crippen LogP contribution is -2.45. The van der Waals surface area contributed by atoms with Crippen molar-refractivity contribution in [2.24, 2.45) is 5.10 Å². The summed E-state index contributed by atoms with van der Waals surface area (Å²) in [4.78, 5) is 13.5. The molecule has 1 heterocycles. The van der Waals surface area contributed by atoms with Crippen LogP contribution >= 0.6 is 0 Å². The summed E-state index contributed by atoms with van der Waals surface area (Å²) in [6.07, 6.45) is 1.55. The number of nitrogens with one attached hydrogen (secondary N) is 1. The fourth-order valence-corrected chi connectivity index (χ4v) is 1.65. The normalized spacial score (nSPS) is 18.1. The second-order valence-corrected chi connectivity index (χ2v) is 5.03. The van der Waals surface area contributed by atoms with Crippen LogP contribution in [0.3, 0.4) is 0 Å². The second-order valence-electron chi connectivity index (χ2n) is 5.03. The molecule has 1 saturated heterocycles. The van der Waals surface area contributed by atoms with Crippen molar-refractivity contribution in [2.45, 2.75) is 45.3 Å². The van der Waals surface area contributed by atoms with Gasteiger partial charge >= 0.3 is 6.09 Å². The lowest BCUT2D eigenvalue weighted by Gasteiger charge is -2.33. The van der Waals surface area contributed by atoms with E-state index in [4.69, 9.17) is 4.74 Å². The first-order valence-electron chi connectivity index (χ1n) is 5.61. The van der Waals surface area contributed by atoms with Gasteiger partial charge in [0, 0.05) is 25.8 Å². The smallest absolute Gasteiger partial charge is 0.410 e. The molecule has 1 rings (SSSR count). The molecule has 0 aromatic heterocycles. The van der Waals surface area contributed by atoms with Gasteiger partial charge in [0.1, 0.15) is 5.60 Å². The number of hydrogen-bond donors (Lipinski definition) is 1. The average Bonchev–Trinajstić information content (AvgIpc) is 2.16. The van der Waals surface area contributed by atoms with Crippen molar-refractivity contribution in [3.8, 4) is 0 Å². The lowest BCUT2D eigenvalue weighted by molar-refractivity contribution is 0.0199. The van der Waals surface area contributed by atoms with Crippen LogP contribution in [0, 0.1) is 0 Å². The molecule has 5 heteroatoms. The summed E-state index contributed by atoms with van der Waals surface area (Å²) >= 11 is 0. The maximum Gasteiger partial charge on any atom is 0.410 e. The van der Waals surface area contributed by atoms with Crippen LogP contribution in [0.5, 0.6) is 0 Å². The standard InChI is InChI=1S/C11H21N3O2/c1-11(2,3)16-10(15)14-7-5-9(6-8-14)13-12-4/h9,13H,4-8H2,1-3H3. The molecule has 92 valence electrons. The number of carbonyl (C=O) groups excluding carboxylic acids is 1. The quantitative estimate of drug-likeness (QED) is 0.575. The molecular formula is C11H21N3O2. The third kappa shape index (κ3) is 4.08. The molecule has 1 fully saturated rings. The van der Waals surface area contributed by atoms with E-state index < -0.39 is 5.60 Å². The summed E-state index contributed by atoms with van der Waals surface area (Å²) in [5, 5.41) is 3.65. The number of likely N-dealkylation sites (tertiary alicyclic amines) is 1. The molecule has 1 aliphatic rings. The van der Waals surface area contributed by atoms with E-state index in [-0.39, 0.29) is 6.09 Å². The highest BCUT2D eigenvalue weighted by Crippen LogP contribution is 2.15. The minimum Gasteiger partial charge on any atom is -0.444 e. The van der Waals surface area contributed by atoms with Gasteiger partial charge in [0.05, 0.1) is 0 Å². The molecule has 0 aliphatic carbocycles. The van der Waals surface area contributed by atoms with Crippen LogP contribution in [0.1, 0.15) is 33.6 Å². The first-order chi connectivity index (χ1) is 7.42. The van der Waals surface area contributed by atoms with E-state index in [1.54, 1.807) is 4.90 Å². The molecular weight excluding hydrogens is 206 g/mol. The van der Waals surface area contributed by atoms with Crippen LogP contribution in [0.2, 0.25) is 0 Å². The highest BCUT2D eigenvalue weighted by molar-refractivity contribution is 5.68. The monoisotopic (exact) mass is 227 g/mol. The molecule has 0 aromatic carbocycles. The number of rotatable bonds is 2. The molecule has 0 aromatic rings. The molecule has 0 saturated carbocycles. The Morgan fingerprint density at radius 2 is 2.00 bits per heavy atom. The number of piperidine rings is 1. The van der Waals surface area contributed by atoms with Gasteiger partial charge < -0.3 is 15.1 Å². The molecule has 0 atom stereocenters. The maximum atomic E-state index is 11.7. The van der Waals surface area contributed by atoms with Gasteiger partial charge in [-0.15, -0.1) is 0 Å². The van der Waals surface area contributed by atoms with E-state index in [0.717, 1.165) is 12.8 Å². The van der Waals surface area contributed by atoms with Crippen molar-refractivity contribution in [2.75, 3.05) is 13.1 Å². The molecule has 5 nitrogen and oxygen atoms in total. The Morgan fingerprint density at radius 3 is 2.44 bits per heavy atom. The summed E-state index contributed by atoms with van der Waals surface area (Å²) in [7, 11) is 0. The molecule has 1 N–H and O–H groups in total. The van der Waals surface area contributed by atoms with Gasteiger partial charge in [0.25, 0.3) is 0 Å². The van der Waals surface area contributed by atoms with E-state index in [1.807, 2.05) is 20.8 Å². The molecule has 0 unspecified atom stereocenters. The number of amides is 1. The number of carbonyl (C=O) groups is 1. The molecule has 16 heavy (non-hydrogen) atoms. The minimum absolute atomic E-state index is 0.225. The maximum absolute atomic E-state index is 11.7. The van der Waals surface area contributed by atoms with Gasteiger partial charge in [-0.3, -0.25) is 0 Å². The van der Waals surface area contributed by atoms with Crippen LogP contribution in [0.15, 0.2) is 5.10 Å². The zero-order valence-electron chi connectivity index (χ0n) is 10.3. The Hall–Kier alpha value is -1.26. The lowest BCUT2D eigenvalue weighted by atomic mass is 10.1. The van der Waals surface area contributed by atoms with Crippen molar-refractivity contribution in [1.82, 2.24) is 10.3 Å². The van der Waals surface area contributed by atoms with E-state index in [9.17, 15) is 4.79 Å². The van der Waals surface area contributed by atoms with Gasteiger partial charge in [0.15, 0.2) is 0 Å². The third-order valence-corrected chi connectivity index (χ3v) is 2.42. The summed E-state index contributed by atoms with van der Waals surface area (Å²) in [5.41, 5.74) is 2.51. The molecule has 1 amide bonds. The highest BCUT2D eigenvalue weighted by atomic mass is 16.6. The fraction of sp³-hybridized carbons (Fsp3) is 0.818.